The van der Waals surface area contributed by atoms with E-state index < -0.39 is 5.92 Å². The number of halogens is 1. The summed E-state index contributed by atoms with van der Waals surface area (Å²) in [4.78, 5) is 70.3. The van der Waals surface area contributed by atoms with Crippen molar-refractivity contribution in [1.29, 1.82) is 0 Å². The zero-order chi connectivity index (χ0) is 42.2. The number of carbonyl (C=O) groups is 3. The van der Waals surface area contributed by atoms with Crippen molar-refractivity contribution in [1.82, 2.24) is 44.8 Å². The third-order valence-electron chi connectivity index (χ3n) is 13.7. The number of ether oxygens (including phenoxy) is 1. The lowest BCUT2D eigenvalue weighted by atomic mass is 9.65. The molecule has 1 aliphatic carbocycles. The number of nitrogens with one attached hydrogen (secondary N) is 3. The van der Waals surface area contributed by atoms with Crippen molar-refractivity contribution in [2.24, 2.45) is 25.4 Å². The number of aromatic nitrogens is 6. The maximum absolute atomic E-state index is 12.8. The van der Waals surface area contributed by atoms with Crippen LogP contribution in [0, 0.1) is 11.3 Å². The van der Waals surface area contributed by atoms with Gasteiger partial charge in [0.25, 0.3) is 11.5 Å². The highest BCUT2D eigenvalue weighted by Gasteiger charge is 2.48. The molecule has 6 fully saturated rings. The van der Waals surface area contributed by atoms with Crippen LogP contribution in [0.4, 0.5) is 23.1 Å². The normalized spacial score (nSPS) is 22.6. The Bertz CT molecular complexity index is 2640. The van der Waals surface area contributed by atoms with E-state index in [1.165, 1.54) is 43.0 Å². The van der Waals surface area contributed by atoms with E-state index in [2.05, 4.69) is 58.8 Å². The zero-order valence-corrected chi connectivity index (χ0v) is 35.2. The number of fused-ring (bicyclic) bond motifs is 4. The first-order valence-electron chi connectivity index (χ1n) is 21.1. The molecule has 0 radical (unpaired) electrons. The van der Waals surface area contributed by atoms with E-state index in [4.69, 9.17) is 26.4 Å². The maximum Gasteiger partial charge on any atom is 0.294 e. The minimum Gasteiger partial charge on any atom is -0.478 e. The predicted molar refractivity (Wildman–Crippen MR) is 230 cm³/mol. The monoisotopic (exact) mass is 848 g/mol. The molecule has 1 aromatic carbocycles. The average molecular weight is 849 g/mol. The molecule has 5 aromatic rings. The molecule has 18 heteroatoms. The van der Waals surface area contributed by atoms with Gasteiger partial charge in [-0.15, -0.1) is 0 Å². The Morgan fingerprint density at radius 3 is 2.56 bits per heavy atom. The van der Waals surface area contributed by atoms with Gasteiger partial charge in [0.2, 0.25) is 17.8 Å². The number of aryl methyl sites for hydroxylation is 2. The number of nitrogens with zero attached hydrogens (tertiary/aromatic N) is 9. The van der Waals surface area contributed by atoms with Crippen molar-refractivity contribution >= 4 is 74.4 Å². The molecule has 1 saturated carbocycles. The molecule has 3 unspecified atom stereocenters. The van der Waals surface area contributed by atoms with Crippen LogP contribution in [-0.2, 0) is 28.5 Å². The van der Waals surface area contributed by atoms with Crippen LogP contribution >= 0.6 is 11.6 Å². The van der Waals surface area contributed by atoms with Gasteiger partial charge >= 0.3 is 0 Å². The van der Waals surface area contributed by atoms with E-state index in [0.717, 1.165) is 55.7 Å². The van der Waals surface area contributed by atoms with Gasteiger partial charge in [-0.05, 0) is 74.8 Å². The van der Waals surface area contributed by atoms with Gasteiger partial charge in [0, 0.05) is 94.2 Å². The van der Waals surface area contributed by atoms with Gasteiger partial charge in [0.15, 0.2) is 18.2 Å². The van der Waals surface area contributed by atoms with Crippen LogP contribution in [0.1, 0.15) is 56.6 Å². The highest BCUT2D eigenvalue weighted by molar-refractivity contribution is 6.33. The fraction of sp³-hybridized carbons (Fsp3) is 0.488. The molecule has 5 aliphatic heterocycles. The van der Waals surface area contributed by atoms with Crippen molar-refractivity contribution in [2.45, 2.75) is 62.9 Å². The quantitative estimate of drug-likeness (QED) is 0.174. The standard InChI is InChI=1S/C43H49ClN12O5/c1-45-36(58)21-61-34-13-25-12-26(16-46-39(25)52(2)41(34)60)48-38-32(44)17-47-42(50-38)56-28-14-29(56)20-54(19-28)18-24-8-10-43(11-9-24)22-55(23-43)27-4-5-30-33(15-27)53(3)51-37(30)31-6-7-35(57)49-40(31)59/h4-5,12-13,15-17,24,28-29,31H,6-11,14,18-23H2,1-3H3,(H,45,58)(H,47,48,50)(H,49,57,59). The molecule has 3 N–H and O–H groups in total. The molecule has 17 nitrogen and oxygen atoms in total. The Kier molecular flexibility index (Phi) is 9.85. The molecule has 6 aliphatic rings. The van der Waals surface area contributed by atoms with Gasteiger partial charge < -0.3 is 25.2 Å². The molecule has 3 amide bonds. The molecule has 61 heavy (non-hydrogen) atoms. The number of rotatable bonds is 10. The first-order valence-corrected chi connectivity index (χ1v) is 21.5. The van der Waals surface area contributed by atoms with Crippen LogP contribution in [-0.4, -0.2) is 110 Å². The molecule has 318 valence electrons. The molecule has 3 atom stereocenters. The lowest BCUT2D eigenvalue weighted by Crippen LogP contribution is -2.69. The highest BCUT2D eigenvalue weighted by Crippen LogP contribution is 2.48. The second-order valence-corrected chi connectivity index (χ2v) is 18.1. The first-order chi connectivity index (χ1) is 29.4. The highest BCUT2D eigenvalue weighted by atomic mass is 35.5. The van der Waals surface area contributed by atoms with Crippen molar-refractivity contribution < 1.29 is 19.1 Å². The van der Waals surface area contributed by atoms with E-state index in [0.29, 0.717) is 69.8 Å². The van der Waals surface area contributed by atoms with Crippen molar-refractivity contribution in [3.63, 3.8) is 0 Å². The summed E-state index contributed by atoms with van der Waals surface area (Å²) >= 11 is 6.61. The van der Waals surface area contributed by atoms with E-state index in [1.54, 1.807) is 25.5 Å². The van der Waals surface area contributed by atoms with Crippen LogP contribution in [0.3, 0.4) is 0 Å². The van der Waals surface area contributed by atoms with E-state index in [1.807, 2.05) is 17.8 Å². The number of amides is 3. The van der Waals surface area contributed by atoms with Gasteiger partial charge in [-0.2, -0.15) is 10.1 Å². The summed E-state index contributed by atoms with van der Waals surface area (Å²) in [5.41, 5.74) is 4.05. The van der Waals surface area contributed by atoms with Gasteiger partial charge in [-0.25, -0.2) is 9.97 Å². The third kappa shape index (κ3) is 7.20. The third-order valence-corrected chi connectivity index (χ3v) is 14.0. The van der Waals surface area contributed by atoms with Crippen LogP contribution in [0.25, 0.3) is 21.9 Å². The number of pyridine rings is 2. The summed E-state index contributed by atoms with van der Waals surface area (Å²) in [5, 5.41) is 15.0. The number of piperazine rings is 1. The molecule has 9 heterocycles. The van der Waals surface area contributed by atoms with Gasteiger partial charge in [0.1, 0.15) is 10.7 Å². The molecule has 5 saturated heterocycles. The number of anilines is 4. The van der Waals surface area contributed by atoms with Gasteiger partial charge in [-0.3, -0.25) is 38.6 Å². The molecule has 4 aromatic heterocycles. The lowest BCUT2D eigenvalue weighted by Gasteiger charge is -2.57. The summed E-state index contributed by atoms with van der Waals surface area (Å²) in [5.74, 6) is 0.664. The van der Waals surface area contributed by atoms with E-state index in [-0.39, 0.29) is 35.6 Å². The second-order valence-electron chi connectivity index (χ2n) is 17.6. The van der Waals surface area contributed by atoms with Gasteiger partial charge in [0.05, 0.1) is 35.2 Å². The fourth-order valence-electron chi connectivity index (χ4n) is 10.4. The maximum atomic E-state index is 12.8. The van der Waals surface area contributed by atoms with Crippen molar-refractivity contribution in [3.05, 3.63) is 63.8 Å². The average Bonchev–Trinajstić information content (AvgIpc) is 3.56. The summed E-state index contributed by atoms with van der Waals surface area (Å²) in [7, 11) is 5.04. The number of hydrogen-bond donors (Lipinski definition) is 3. The summed E-state index contributed by atoms with van der Waals surface area (Å²) in [6.07, 6.45) is 10.2. The molecular weight excluding hydrogens is 800 g/mol. The number of carbonyl (C=O) groups excluding carboxylic acids is 3. The first kappa shape index (κ1) is 39.3. The molecule has 11 rings (SSSR count). The molecule has 2 bridgehead atoms. The number of imide groups is 1. The number of piperidine rings is 2. The van der Waals surface area contributed by atoms with Crippen molar-refractivity contribution in [2.75, 3.05) is 61.5 Å². The predicted octanol–water partition coefficient (Wildman–Crippen LogP) is 3.61. The minimum absolute atomic E-state index is 0.0538. The summed E-state index contributed by atoms with van der Waals surface area (Å²) in [6, 6.07) is 10.6. The van der Waals surface area contributed by atoms with Gasteiger partial charge in [-0.1, -0.05) is 11.6 Å². The van der Waals surface area contributed by atoms with Crippen LogP contribution in [0.5, 0.6) is 5.75 Å². The summed E-state index contributed by atoms with van der Waals surface area (Å²) < 4.78 is 8.76. The lowest BCUT2D eigenvalue weighted by molar-refractivity contribution is -0.134. The largest absolute Gasteiger partial charge is 0.478 e. The topological polar surface area (TPSA) is 185 Å². The minimum atomic E-state index is -0.401. The fourth-order valence-corrected chi connectivity index (χ4v) is 10.5. The smallest absolute Gasteiger partial charge is 0.294 e. The second kappa shape index (κ2) is 15.3. The Morgan fingerprint density at radius 2 is 1.80 bits per heavy atom. The number of likely N-dealkylation sites (N-methyl/N-ethyl adjacent to an activating group) is 1. The Labute approximate surface area is 356 Å². The van der Waals surface area contributed by atoms with E-state index in [9.17, 15) is 19.2 Å². The van der Waals surface area contributed by atoms with Crippen molar-refractivity contribution in [3.8, 4) is 5.75 Å². The SMILES string of the molecule is CNC(=O)COc1cc2cc(Nc3nc(N4C5CC4CN(CC4CCC6(CC4)CN(c4ccc7c(C8CCC(=O)NC8=O)nn(C)c7c4)C6)C5)ncc3Cl)cnc2n(C)c1=O. The summed E-state index contributed by atoms with van der Waals surface area (Å²) in [6.45, 7) is 4.96. The van der Waals surface area contributed by atoms with Crippen LogP contribution in [0.15, 0.2) is 47.5 Å². The zero-order valence-electron chi connectivity index (χ0n) is 34.5. The van der Waals surface area contributed by atoms with Crippen LogP contribution < -0.4 is 36.0 Å². The number of benzene rings is 1. The Hall–Kier alpha value is -5.81. The number of hydrogen-bond acceptors (Lipinski definition) is 13. The Balaban J connectivity index is 0.728. The Morgan fingerprint density at radius 1 is 1.02 bits per heavy atom. The van der Waals surface area contributed by atoms with Crippen LogP contribution in [0.2, 0.25) is 5.02 Å². The van der Waals surface area contributed by atoms with E-state index >= 15 is 0 Å². The molecule has 1 spiro atoms. The molecular formula is C43H49ClN12O5.